The molecule has 4 aromatic rings. The smallest absolute Gasteiger partial charge is 0.230 e. The number of hydrogen-bond donors (Lipinski definition) is 1. The van der Waals surface area contributed by atoms with Crippen molar-refractivity contribution in [2.45, 2.75) is 18.2 Å². The third-order valence-corrected chi connectivity index (χ3v) is 5.56. The standard InChI is InChI=1S/C23H22N4O3S/c1-29-19-10-5-9-18(13-19)14-24-21(28)16-31-23-26-25-22(20-11-6-12-30-20)27(23)15-17-7-3-2-4-8-17/h2-13H,14-16H2,1H3,(H,24,28). The number of carbonyl (C=O) groups is 1. The first kappa shape index (κ1) is 20.7. The summed E-state index contributed by atoms with van der Waals surface area (Å²) in [5.74, 6) is 2.18. The molecule has 0 aliphatic rings. The molecule has 0 fully saturated rings. The van der Waals surface area contributed by atoms with Gasteiger partial charge in [-0.15, -0.1) is 10.2 Å². The molecule has 0 saturated heterocycles. The second kappa shape index (κ2) is 9.99. The van der Waals surface area contributed by atoms with Crippen LogP contribution in [0.5, 0.6) is 5.75 Å². The van der Waals surface area contributed by atoms with Gasteiger partial charge in [0.2, 0.25) is 11.7 Å². The van der Waals surface area contributed by atoms with E-state index in [0.29, 0.717) is 29.8 Å². The lowest BCUT2D eigenvalue weighted by Crippen LogP contribution is -2.24. The van der Waals surface area contributed by atoms with Crippen LogP contribution in [0.3, 0.4) is 0 Å². The van der Waals surface area contributed by atoms with Crippen LogP contribution in [0.15, 0.2) is 82.6 Å². The minimum atomic E-state index is -0.0818. The molecule has 0 spiro atoms. The minimum Gasteiger partial charge on any atom is -0.497 e. The molecule has 8 heteroatoms. The Labute approximate surface area is 184 Å². The van der Waals surface area contributed by atoms with Gasteiger partial charge in [0.15, 0.2) is 10.9 Å². The van der Waals surface area contributed by atoms with Gasteiger partial charge in [0, 0.05) is 6.54 Å². The van der Waals surface area contributed by atoms with Crippen molar-refractivity contribution < 1.29 is 13.9 Å². The van der Waals surface area contributed by atoms with Gasteiger partial charge in [-0.3, -0.25) is 9.36 Å². The van der Waals surface area contributed by atoms with Gasteiger partial charge in [0.05, 0.1) is 25.7 Å². The SMILES string of the molecule is COc1cccc(CNC(=O)CSc2nnc(-c3ccco3)n2Cc2ccccc2)c1. The highest BCUT2D eigenvalue weighted by molar-refractivity contribution is 7.99. The van der Waals surface area contributed by atoms with Crippen molar-refractivity contribution in [1.82, 2.24) is 20.1 Å². The Morgan fingerprint density at radius 2 is 1.90 bits per heavy atom. The molecule has 0 aliphatic carbocycles. The van der Waals surface area contributed by atoms with Crippen molar-refractivity contribution >= 4 is 17.7 Å². The van der Waals surface area contributed by atoms with Gasteiger partial charge in [0.25, 0.3) is 0 Å². The van der Waals surface area contributed by atoms with Gasteiger partial charge in [-0.1, -0.05) is 54.2 Å². The molecule has 0 unspecified atom stereocenters. The summed E-state index contributed by atoms with van der Waals surface area (Å²) >= 11 is 1.35. The number of nitrogens with one attached hydrogen (secondary N) is 1. The lowest BCUT2D eigenvalue weighted by molar-refractivity contribution is -0.118. The van der Waals surface area contributed by atoms with Crippen LogP contribution >= 0.6 is 11.8 Å². The van der Waals surface area contributed by atoms with E-state index in [9.17, 15) is 4.79 Å². The first-order valence-electron chi connectivity index (χ1n) is 9.76. The van der Waals surface area contributed by atoms with Crippen LogP contribution in [-0.4, -0.2) is 33.5 Å². The number of amides is 1. The van der Waals surface area contributed by atoms with Crippen LogP contribution in [0.2, 0.25) is 0 Å². The molecule has 2 heterocycles. The van der Waals surface area contributed by atoms with Crippen molar-refractivity contribution in [2.75, 3.05) is 12.9 Å². The van der Waals surface area contributed by atoms with E-state index in [2.05, 4.69) is 15.5 Å². The molecule has 1 amide bonds. The molecule has 4 rings (SSSR count). The highest BCUT2D eigenvalue weighted by atomic mass is 32.2. The zero-order valence-corrected chi connectivity index (χ0v) is 17.8. The molecule has 0 aliphatic heterocycles. The van der Waals surface area contributed by atoms with E-state index in [4.69, 9.17) is 9.15 Å². The first-order chi connectivity index (χ1) is 15.2. The second-order valence-electron chi connectivity index (χ2n) is 6.77. The van der Waals surface area contributed by atoms with Crippen LogP contribution in [-0.2, 0) is 17.9 Å². The van der Waals surface area contributed by atoms with Crippen LogP contribution in [0.1, 0.15) is 11.1 Å². The second-order valence-corrected chi connectivity index (χ2v) is 7.71. The third-order valence-electron chi connectivity index (χ3n) is 4.60. The van der Waals surface area contributed by atoms with E-state index in [0.717, 1.165) is 16.9 Å². The fourth-order valence-electron chi connectivity index (χ4n) is 3.06. The van der Waals surface area contributed by atoms with Gasteiger partial charge in [0.1, 0.15) is 5.75 Å². The number of nitrogens with zero attached hydrogens (tertiary/aromatic N) is 3. The van der Waals surface area contributed by atoms with Crippen molar-refractivity contribution in [2.24, 2.45) is 0 Å². The number of aromatic nitrogens is 3. The molecule has 2 aromatic carbocycles. The number of thioether (sulfide) groups is 1. The van der Waals surface area contributed by atoms with Gasteiger partial charge in [-0.2, -0.15) is 0 Å². The molecule has 0 saturated carbocycles. The average Bonchev–Trinajstić information content (AvgIpc) is 3.47. The average molecular weight is 435 g/mol. The lowest BCUT2D eigenvalue weighted by atomic mass is 10.2. The molecule has 31 heavy (non-hydrogen) atoms. The molecule has 2 aromatic heterocycles. The minimum absolute atomic E-state index is 0.0818. The summed E-state index contributed by atoms with van der Waals surface area (Å²) in [6.45, 7) is 1.02. The van der Waals surface area contributed by atoms with Crippen LogP contribution in [0, 0.1) is 0 Å². The van der Waals surface area contributed by atoms with Gasteiger partial charge in [-0.25, -0.2) is 0 Å². The van der Waals surface area contributed by atoms with Crippen molar-refractivity contribution in [1.29, 1.82) is 0 Å². The summed E-state index contributed by atoms with van der Waals surface area (Å²) in [4.78, 5) is 12.4. The Bertz CT molecular complexity index is 1130. The third kappa shape index (κ3) is 5.35. The maximum Gasteiger partial charge on any atom is 0.230 e. The topological polar surface area (TPSA) is 82.2 Å². The quantitative estimate of drug-likeness (QED) is 0.401. The largest absolute Gasteiger partial charge is 0.497 e. The maximum absolute atomic E-state index is 12.4. The Morgan fingerprint density at radius 1 is 1.06 bits per heavy atom. The van der Waals surface area contributed by atoms with E-state index < -0.39 is 0 Å². The predicted octanol–water partition coefficient (Wildman–Crippen LogP) is 4.00. The number of hydrogen-bond acceptors (Lipinski definition) is 6. The van der Waals surface area contributed by atoms with Crippen LogP contribution in [0.25, 0.3) is 11.6 Å². The number of furan rings is 1. The highest BCUT2D eigenvalue weighted by Crippen LogP contribution is 2.25. The van der Waals surface area contributed by atoms with Gasteiger partial charge < -0.3 is 14.5 Å². The first-order valence-corrected chi connectivity index (χ1v) is 10.7. The fraction of sp³-hybridized carbons (Fsp3) is 0.174. The normalized spacial score (nSPS) is 10.7. The number of ether oxygens (including phenoxy) is 1. The number of methoxy groups -OCH3 is 1. The Balaban J connectivity index is 1.43. The van der Waals surface area contributed by atoms with Crippen molar-refractivity contribution in [3.8, 4) is 17.3 Å². The molecule has 158 valence electrons. The summed E-state index contributed by atoms with van der Waals surface area (Å²) < 4.78 is 12.7. The van der Waals surface area contributed by atoms with E-state index in [-0.39, 0.29) is 11.7 Å². The van der Waals surface area contributed by atoms with E-state index in [1.807, 2.05) is 71.3 Å². The zero-order chi connectivity index (χ0) is 21.5. The van der Waals surface area contributed by atoms with Crippen LogP contribution in [0.4, 0.5) is 0 Å². The fourth-order valence-corrected chi connectivity index (χ4v) is 3.82. The maximum atomic E-state index is 12.4. The van der Waals surface area contributed by atoms with Gasteiger partial charge in [-0.05, 0) is 35.4 Å². The Kier molecular flexibility index (Phi) is 6.68. The highest BCUT2D eigenvalue weighted by Gasteiger charge is 2.17. The molecule has 0 atom stereocenters. The monoisotopic (exact) mass is 434 g/mol. The molecule has 1 N–H and O–H groups in total. The van der Waals surface area contributed by atoms with Crippen molar-refractivity contribution in [3.05, 3.63) is 84.1 Å². The van der Waals surface area contributed by atoms with Gasteiger partial charge >= 0.3 is 0 Å². The zero-order valence-electron chi connectivity index (χ0n) is 17.0. The molecule has 0 bridgehead atoms. The molecule has 0 radical (unpaired) electrons. The summed E-state index contributed by atoms with van der Waals surface area (Å²) in [5.41, 5.74) is 2.09. The summed E-state index contributed by atoms with van der Waals surface area (Å²) in [6.07, 6.45) is 1.61. The van der Waals surface area contributed by atoms with E-state index >= 15 is 0 Å². The summed E-state index contributed by atoms with van der Waals surface area (Å²) in [5, 5.41) is 12.2. The Hall–Kier alpha value is -3.52. The summed E-state index contributed by atoms with van der Waals surface area (Å²) in [6, 6.07) is 21.3. The number of carbonyl (C=O) groups excluding carboxylic acids is 1. The van der Waals surface area contributed by atoms with E-state index in [1.165, 1.54) is 11.8 Å². The molecule has 7 nitrogen and oxygen atoms in total. The number of rotatable bonds is 9. The predicted molar refractivity (Wildman–Crippen MR) is 119 cm³/mol. The number of benzene rings is 2. The Morgan fingerprint density at radius 3 is 2.68 bits per heavy atom. The lowest BCUT2D eigenvalue weighted by Gasteiger charge is -2.10. The van der Waals surface area contributed by atoms with E-state index in [1.54, 1.807) is 13.4 Å². The molecular weight excluding hydrogens is 412 g/mol. The van der Waals surface area contributed by atoms with Crippen molar-refractivity contribution in [3.63, 3.8) is 0 Å². The summed E-state index contributed by atoms with van der Waals surface area (Å²) in [7, 11) is 1.62. The van der Waals surface area contributed by atoms with Crippen LogP contribution < -0.4 is 10.1 Å². The molecular formula is C23H22N4O3S.